The van der Waals surface area contributed by atoms with E-state index in [4.69, 9.17) is 4.74 Å². The van der Waals surface area contributed by atoms with Gasteiger partial charge in [0, 0.05) is 13.0 Å². The van der Waals surface area contributed by atoms with Crippen molar-refractivity contribution < 1.29 is 14.3 Å². The van der Waals surface area contributed by atoms with Crippen molar-refractivity contribution in [1.82, 2.24) is 15.1 Å². The number of urea groups is 1. The molecule has 1 aliphatic rings. The minimum atomic E-state index is -1.13. The molecule has 0 aromatic heterocycles. The van der Waals surface area contributed by atoms with Crippen LogP contribution in [0.2, 0.25) is 0 Å². The molecule has 3 amide bonds. The van der Waals surface area contributed by atoms with Crippen molar-refractivity contribution in [3.63, 3.8) is 0 Å². The van der Waals surface area contributed by atoms with Gasteiger partial charge >= 0.3 is 6.03 Å². The van der Waals surface area contributed by atoms with Gasteiger partial charge in [-0.05, 0) is 42.8 Å². The third kappa shape index (κ3) is 4.91. The van der Waals surface area contributed by atoms with Crippen LogP contribution in [0, 0.1) is 0 Å². The predicted molar refractivity (Wildman–Crippen MR) is 128 cm³/mol. The molecule has 0 aliphatic carbocycles. The molecule has 1 N–H and O–H groups in total. The van der Waals surface area contributed by atoms with Crippen LogP contribution in [0.15, 0.2) is 84.9 Å². The Labute approximate surface area is 194 Å². The van der Waals surface area contributed by atoms with Crippen LogP contribution in [0.3, 0.4) is 0 Å². The largest absolute Gasteiger partial charge is 0.494 e. The van der Waals surface area contributed by atoms with Crippen molar-refractivity contribution >= 4 is 11.9 Å². The van der Waals surface area contributed by atoms with Crippen molar-refractivity contribution in [2.75, 3.05) is 20.3 Å². The monoisotopic (exact) mass is 443 g/mol. The SMILES string of the molecule is CCOc1ccc(CN(C)CN2C(=O)NC(Cc3ccccc3)(c3ccccc3)C2=O)cc1. The highest BCUT2D eigenvalue weighted by molar-refractivity contribution is 6.07. The first-order chi connectivity index (χ1) is 16.0. The smallest absolute Gasteiger partial charge is 0.326 e. The van der Waals surface area contributed by atoms with Gasteiger partial charge in [-0.15, -0.1) is 0 Å². The quantitative estimate of drug-likeness (QED) is 0.505. The second-order valence-corrected chi connectivity index (χ2v) is 8.33. The summed E-state index contributed by atoms with van der Waals surface area (Å²) in [5.41, 5.74) is 1.72. The lowest BCUT2D eigenvalue weighted by atomic mass is 9.83. The number of nitrogens with zero attached hydrogens (tertiary/aromatic N) is 2. The molecular weight excluding hydrogens is 414 g/mol. The molecule has 6 heteroatoms. The number of nitrogens with one attached hydrogen (secondary N) is 1. The third-order valence-electron chi connectivity index (χ3n) is 5.82. The van der Waals surface area contributed by atoms with Crippen molar-refractivity contribution in [1.29, 1.82) is 0 Å². The zero-order valence-corrected chi connectivity index (χ0v) is 19.0. The summed E-state index contributed by atoms with van der Waals surface area (Å²) in [6.07, 6.45) is 0.390. The number of ether oxygens (including phenoxy) is 1. The predicted octanol–water partition coefficient (Wildman–Crippen LogP) is 4.16. The Morgan fingerprint density at radius 2 is 1.52 bits per heavy atom. The van der Waals surface area contributed by atoms with E-state index >= 15 is 0 Å². The van der Waals surface area contributed by atoms with E-state index in [1.807, 2.05) is 104 Å². The summed E-state index contributed by atoms with van der Waals surface area (Å²) < 4.78 is 5.50. The molecule has 1 unspecified atom stereocenters. The first kappa shape index (κ1) is 22.6. The van der Waals surface area contributed by atoms with Crippen LogP contribution in [0.25, 0.3) is 0 Å². The maximum Gasteiger partial charge on any atom is 0.326 e. The van der Waals surface area contributed by atoms with E-state index in [2.05, 4.69) is 5.32 Å². The zero-order chi connectivity index (χ0) is 23.3. The number of hydrogen-bond donors (Lipinski definition) is 1. The van der Waals surface area contributed by atoms with Gasteiger partial charge in [-0.25, -0.2) is 9.69 Å². The number of amides is 3. The Morgan fingerprint density at radius 3 is 2.15 bits per heavy atom. The second kappa shape index (κ2) is 9.88. The Kier molecular flexibility index (Phi) is 6.75. The molecule has 1 saturated heterocycles. The minimum Gasteiger partial charge on any atom is -0.494 e. The minimum absolute atomic E-state index is 0.196. The maximum atomic E-state index is 13.7. The third-order valence-corrected chi connectivity index (χ3v) is 5.82. The van der Waals surface area contributed by atoms with E-state index in [1.54, 1.807) is 0 Å². The van der Waals surface area contributed by atoms with Crippen LogP contribution in [-0.4, -0.2) is 42.1 Å². The van der Waals surface area contributed by atoms with Crippen molar-refractivity contribution in [2.45, 2.75) is 25.4 Å². The lowest BCUT2D eigenvalue weighted by Gasteiger charge is -2.28. The summed E-state index contributed by atoms with van der Waals surface area (Å²) >= 11 is 0. The number of carbonyl (C=O) groups is 2. The standard InChI is InChI=1S/C27H29N3O3/c1-3-33-24-16-14-22(15-17-24)19-29(2)20-30-25(31)27(28-26(30)32,23-12-8-5-9-13-23)18-21-10-6-4-7-11-21/h4-17H,3,18-20H2,1-2H3,(H,28,32). The van der Waals surface area contributed by atoms with E-state index in [9.17, 15) is 9.59 Å². The van der Waals surface area contributed by atoms with E-state index < -0.39 is 5.54 Å². The second-order valence-electron chi connectivity index (χ2n) is 8.33. The Bertz CT molecular complexity index is 1090. The molecule has 0 radical (unpaired) electrons. The topological polar surface area (TPSA) is 61.9 Å². The van der Waals surface area contributed by atoms with Crippen LogP contribution in [0.1, 0.15) is 23.6 Å². The van der Waals surface area contributed by atoms with Gasteiger partial charge in [-0.3, -0.25) is 9.69 Å². The van der Waals surface area contributed by atoms with Crippen LogP contribution >= 0.6 is 0 Å². The Balaban J connectivity index is 1.53. The maximum absolute atomic E-state index is 13.7. The fourth-order valence-corrected chi connectivity index (χ4v) is 4.26. The molecule has 1 atom stereocenters. The normalized spacial score (nSPS) is 18.0. The van der Waals surface area contributed by atoms with Gasteiger partial charge in [0.25, 0.3) is 5.91 Å². The first-order valence-electron chi connectivity index (χ1n) is 11.2. The summed E-state index contributed by atoms with van der Waals surface area (Å²) in [6, 6.07) is 26.7. The number of rotatable bonds is 9. The van der Waals surface area contributed by atoms with Crippen molar-refractivity contribution in [2.24, 2.45) is 0 Å². The number of carbonyl (C=O) groups excluding carboxylic acids is 2. The fraction of sp³-hybridized carbons (Fsp3) is 0.259. The number of benzene rings is 3. The van der Waals surface area contributed by atoms with Crippen molar-refractivity contribution in [3.8, 4) is 5.75 Å². The molecule has 33 heavy (non-hydrogen) atoms. The number of imide groups is 1. The molecule has 6 nitrogen and oxygen atoms in total. The molecule has 170 valence electrons. The summed E-state index contributed by atoms with van der Waals surface area (Å²) in [5, 5.41) is 3.02. The summed E-state index contributed by atoms with van der Waals surface area (Å²) in [7, 11) is 1.90. The van der Waals surface area contributed by atoms with E-state index in [0.717, 1.165) is 22.4 Å². The van der Waals surface area contributed by atoms with Gasteiger partial charge in [-0.1, -0.05) is 72.8 Å². The molecule has 0 saturated carbocycles. The summed E-state index contributed by atoms with van der Waals surface area (Å²) in [6.45, 7) is 3.37. The molecule has 0 spiro atoms. The average Bonchev–Trinajstić information content (AvgIpc) is 3.06. The van der Waals surface area contributed by atoms with Gasteiger partial charge in [0.05, 0.1) is 13.3 Å². The Morgan fingerprint density at radius 1 is 0.879 bits per heavy atom. The van der Waals surface area contributed by atoms with Gasteiger partial charge < -0.3 is 10.1 Å². The summed E-state index contributed by atoms with van der Waals surface area (Å²) in [5.74, 6) is 0.590. The van der Waals surface area contributed by atoms with Gasteiger partial charge in [0.1, 0.15) is 5.75 Å². The number of hydrogen-bond acceptors (Lipinski definition) is 4. The average molecular weight is 444 g/mol. The van der Waals surface area contributed by atoms with E-state index in [-0.39, 0.29) is 18.6 Å². The highest BCUT2D eigenvalue weighted by Gasteiger charge is 2.52. The Hall–Kier alpha value is -3.64. The molecule has 3 aromatic carbocycles. The van der Waals surface area contributed by atoms with Gasteiger partial charge in [0.2, 0.25) is 0 Å². The zero-order valence-electron chi connectivity index (χ0n) is 19.0. The van der Waals surface area contributed by atoms with Gasteiger partial charge in [0.15, 0.2) is 5.54 Å². The molecule has 1 heterocycles. The molecule has 3 aromatic rings. The molecule has 4 rings (SSSR count). The highest BCUT2D eigenvalue weighted by atomic mass is 16.5. The molecule has 1 fully saturated rings. The van der Waals surface area contributed by atoms with Crippen molar-refractivity contribution in [3.05, 3.63) is 102 Å². The first-order valence-corrected chi connectivity index (χ1v) is 11.2. The summed E-state index contributed by atoms with van der Waals surface area (Å²) in [4.78, 5) is 30.0. The lowest BCUT2D eigenvalue weighted by Crippen LogP contribution is -2.46. The van der Waals surface area contributed by atoms with Gasteiger partial charge in [-0.2, -0.15) is 0 Å². The van der Waals surface area contributed by atoms with Crippen LogP contribution in [0.4, 0.5) is 4.79 Å². The van der Waals surface area contributed by atoms with Crippen LogP contribution < -0.4 is 10.1 Å². The van der Waals surface area contributed by atoms with E-state index in [0.29, 0.717) is 19.6 Å². The molecule has 0 bridgehead atoms. The van der Waals surface area contributed by atoms with Crippen LogP contribution in [0.5, 0.6) is 5.75 Å². The molecular formula is C27H29N3O3. The molecule has 1 aliphatic heterocycles. The van der Waals surface area contributed by atoms with Crippen LogP contribution in [-0.2, 0) is 23.3 Å². The fourth-order valence-electron chi connectivity index (χ4n) is 4.26. The highest BCUT2D eigenvalue weighted by Crippen LogP contribution is 2.33. The lowest BCUT2D eigenvalue weighted by molar-refractivity contribution is -0.133. The van der Waals surface area contributed by atoms with E-state index in [1.165, 1.54) is 4.90 Å².